The van der Waals surface area contributed by atoms with Crippen molar-refractivity contribution in [2.75, 3.05) is 0 Å². The fourth-order valence-electron chi connectivity index (χ4n) is 1.81. The van der Waals surface area contributed by atoms with Crippen molar-refractivity contribution in [1.82, 2.24) is 15.0 Å². The maximum absolute atomic E-state index is 11.4. The Hall–Kier alpha value is -2.70. The minimum absolute atomic E-state index is 0.198. The summed E-state index contributed by atoms with van der Waals surface area (Å²) < 4.78 is 1.10. The quantitative estimate of drug-likeness (QED) is 0.849. The number of aromatic nitrogens is 3. The molecule has 7 heteroatoms. The molecule has 0 saturated carbocycles. The lowest BCUT2D eigenvalue weighted by molar-refractivity contribution is -0.139. The first-order chi connectivity index (χ1) is 9.02. The smallest absolute Gasteiger partial charge is 0.358 e. The second-order valence-corrected chi connectivity index (χ2v) is 3.92. The van der Waals surface area contributed by atoms with Crippen LogP contribution in [0.3, 0.4) is 0 Å². The van der Waals surface area contributed by atoms with E-state index < -0.39 is 18.0 Å². The third-order valence-corrected chi connectivity index (χ3v) is 2.72. The van der Waals surface area contributed by atoms with Crippen LogP contribution in [0.5, 0.6) is 0 Å². The fourth-order valence-corrected chi connectivity index (χ4v) is 1.81. The maximum atomic E-state index is 11.4. The Bertz CT molecular complexity index is 621. The normalized spacial score (nSPS) is 12.1. The lowest BCUT2D eigenvalue weighted by atomic mass is 10.1. The standard InChI is InChI=1S/C12H11N3O4/c1-7-9(11(16)17)13-14-15(7)10(12(18)19)8-5-3-2-4-6-8/h2-6,10H,1H3,(H,16,17)(H,18,19). The number of nitrogens with zero attached hydrogens (tertiary/aromatic N) is 3. The molecule has 1 aromatic carbocycles. The Labute approximate surface area is 108 Å². The van der Waals surface area contributed by atoms with Crippen LogP contribution in [0.25, 0.3) is 0 Å². The van der Waals surface area contributed by atoms with E-state index in [1.165, 1.54) is 6.92 Å². The van der Waals surface area contributed by atoms with E-state index >= 15 is 0 Å². The molecule has 1 heterocycles. The predicted molar refractivity (Wildman–Crippen MR) is 63.9 cm³/mol. The molecule has 0 aliphatic carbocycles. The number of carbonyl (C=O) groups is 2. The van der Waals surface area contributed by atoms with Crippen LogP contribution in [-0.4, -0.2) is 37.1 Å². The topological polar surface area (TPSA) is 105 Å². The van der Waals surface area contributed by atoms with E-state index in [9.17, 15) is 14.7 Å². The molecule has 0 aliphatic heterocycles. The van der Waals surface area contributed by atoms with Crippen molar-refractivity contribution < 1.29 is 19.8 Å². The molecule has 0 aliphatic rings. The van der Waals surface area contributed by atoms with Gasteiger partial charge in [-0.1, -0.05) is 35.5 Å². The molecule has 1 unspecified atom stereocenters. The molecule has 0 bridgehead atoms. The van der Waals surface area contributed by atoms with Crippen LogP contribution >= 0.6 is 0 Å². The monoisotopic (exact) mass is 261 g/mol. The summed E-state index contributed by atoms with van der Waals surface area (Å²) in [6.07, 6.45) is 0. The molecule has 0 radical (unpaired) electrons. The highest BCUT2D eigenvalue weighted by molar-refractivity contribution is 5.86. The van der Waals surface area contributed by atoms with E-state index in [0.717, 1.165) is 4.68 Å². The van der Waals surface area contributed by atoms with E-state index in [0.29, 0.717) is 5.56 Å². The third kappa shape index (κ3) is 2.30. The minimum Gasteiger partial charge on any atom is -0.479 e. The van der Waals surface area contributed by atoms with Crippen LogP contribution in [0.2, 0.25) is 0 Å². The summed E-state index contributed by atoms with van der Waals surface area (Å²) in [7, 11) is 0. The van der Waals surface area contributed by atoms with Crippen LogP contribution in [0, 0.1) is 6.92 Å². The van der Waals surface area contributed by atoms with Gasteiger partial charge in [-0.05, 0) is 12.5 Å². The molecule has 2 N–H and O–H groups in total. The number of carboxylic acid groups (broad SMARTS) is 2. The number of aromatic carboxylic acids is 1. The van der Waals surface area contributed by atoms with Gasteiger partial charge in [-0.2, -0.15) is 0 Å². The zero-order chi connectivity index (χ0) is 14.0. The third-order valence-electron chi connectivity index (χ3n) is 2.72. The van der Waals surface area contributed by atoms with Gasteiger partial charge in [-0.25, -0.2) is 14.3 Å². The van der Waals surface area contributed by atoms with Crippen molar-refractivity contribution in [1.29, 1.82) is 0 Å². The first-order valence-corrected chi connectivity index (χ1v) is 5.45. The van der Waals surface area contributed by atoms with Crippen LogP contribution in [-0.2, 0) is 4.79 Å². The average Bonchev–Trinajstić information content (AvgIpc) is 2.73. The Morgan fingerprint density at radius 2 is 1.84 bits per heavy atom. The predicted octanol–water partition coefficient (Wildman–Crippen LogP) is 0.959. The second kappa shape index (κ2) is 4.89. The van der Waals surface area contributed by atoms with E-state index in [1.54, 1.807) is 30.3 Å². The van der Waals surface area contributed by atoms with Gasteiger partial charge >= 0.3 is 11.9 Å². The van der Waals surface area contributed by atoms with Gasteiger partial charge in [-0.3, -0.25) is 0 Å². The zero-order valence-electron chi connectivity index (χ0n) is 10.0. The average molecular weight is 261 g/mol. The lowest BCUT2D eigenvalue weighted by Gasteiger charge is -2.14. The SMILES string of the molecule is Cc1c(C(=O)O)nnn1C(C(=O)O)c1ccccc1. The van der Waals surface area contributed by atoms with Crippen molar-refractivity contribution in [2.45, 2.75) is 13.0 Å². The van der Waals surface area contributed by atoms with E-state index in [-0.39, 0.29) is 11.4 Å². The van der Waals surface area contributed by atoms with Crippen LogP contribution in [0.1, 0.15) is 27.8 Å². The minimum atomic E-state index is -1.24. The molecular weight excluding hydrogens is 250 g/mol. The number of aliphatic carboxylic acids is 1. The Balaban J connectivity index is 2.53. The molecule has 0 spiro atoms. The van der Waals surface area contributed by atoms with Crippen LogP contribution in [0.4, 0.5) is 0 Å². The summed E-state index contributed by atoms with van der Waals surface area (Å²) in [5.41, 5.74) is 0.450. The molecule has 7 nitrogen and oxygen atoms in total. The lowest BCUT2D eigenvalue weighted by Crippen LogP contribution is -2.22. The zero-order valence-corrected chi connectivity index (χ0v) is 10.0. The van der Waals surface area contributed by atoms with Gasteiger partial charge in [0, 0.05) is 0 Å². The van der Waals surface area contributed by atoms with E-state index in [4.69, 9.17) is 5.11 Å². The van der Waals surface area contributed by atoms with Gasteiger partial charge in [0.15, 0.2) is 11.7 Å². The number of hydrogen-bond acceptors (Lipinski definition) is 4. The first kappa shape index (κ1) is 12.7. The summed E-state index contributed by atoms with van der Waals surface area (Å²) in [5.74, 6) is -2.36. The summed E-state index contributed by atoms with van der Waals surface area (Å²) in [4.78, 5) is 22.3. The number of carboxylic acids is 2. The molecule has 2 aromatic rings. The summed E-state index contributed by atoms with van der Waals surface area (Å²) in [6, 6.07) is 7.35. The molecule has 1 atom stereocenters. The highest BCUT2D eigenvalue weighted by Crippen LogP contribution is 2.20. The largest absolute Gasteiger partial charge is 0.479 e. The van der Waals surface area contributed by atoms with Gasteiger partial charge in [0.05, 0.1) is 5.69 Å². The molecule has 1 aromatic heterocycles. The molecule has 0 fully saturated rings. The molecule has 19 heavy (non-hydrogen) atoms. The van der Waals surface area contributed by atoms with Crippen LogP contribution in [0.15, 0.2) is 30.3 Å². The van der Waals surface area contributed by atoms with Crippen molar-refractivity contribution in [3.8, 4) is 0 Å². The Morgan fingerprint density at radius 3 is 2.32 bits per heavy atom. The molecule has 98 valence electrons. The van der Waals surface area contributed by atoms with Crippen molar-refractivity contribution in [3.05, 3.63) is 47.3 Å². The van der Waals surface area contributed by atoms with Gasteiger partial charge in [0.2, 0.25) is 0 Å². The van der Waals surface area contributed by atoms with E-state index in [1.807, 2.05) is 0 Å². The number of hydrogen-bond donors (Lipinski definition) is 2. The number of benzene rings is 1. The van der Waals surface area contributed by atoms with Crippen LogP contribution < -0.4 is 0 Å². The van der Waals surface area contributed by atoms with E-state index in [2.05, 4.69) is 10.3 Å². The van der Waals surface area contributed by atoms with Gasteiger partial charge < -0.3 is 10.2 Å². The Kier molecular flexibility index (Phi) is 3.28. The second-order valence-electron chi connectivity index (χ2n) is 3.92. The first-order valence-electron chi connectivity index (χ1n) is 5.45. The van der Waals surface area contributed by atoms with Gasteiger partial charge in [0.1, 0.15) is 0 Å². The molecule has 0 saturated heterocycles. The van der Waals surface area contributed by atoms with Crippen molar-refractivity contribution >= 4 is 11.9 Å². The summed E-state index contributed by atoms with van der Waals surface area (Å²) >= 11 is 0. The summed E-state index contributed by atoms with van der Waals surface area (Å²) in [6.45, 7) is 1.47. The van der Waals surface area contributed by atoms with Gasteiger partial charge in [-0.15, -0.1) is 5.10 Å². The molecule has 0 amide bonds. The molecular formula is C12H11N3O4. The van der Waals surface area contributed by atoms with Crippen molar-refractivity contribution in [2.24, 2.45) is 0 Å². The molecule has 2 rings (SSSR count). The van der Waals surface area contributed by atoms with Crippen molar-refractivity contribution in [3.63, 3.8) is 0 Å². The summed E-state index contributed by atoms with van der Waals surface area (Å²) in [5, 5.41) is 25.4. The highest BCUT2D eigenvalue weighted by atomic mass is 16.4. The maximum Gasteiger partial charge on any atom is 0.358 e. The Morgan fingerprint density at radius 1 is 1.21 bits per heavy atom. The highest BCUT2D eigenvalue weighted by Gasteiger charge is 2.27. The number of rotatable bonds is 4. The van der Waals surface area contributed by atoms with Gasteiger partial charge in [0.25, 0.3) is 0 Å². The fraction of sp³-hybridized carbons (Fsp3) is 0.167.